The summed E-state index contributed by atoms with van der Waals surface area (Å²) in [5.74, 6) is 0.909. The molecule has 0 radical (unpaired) electrons. The van der Waals surface area contributed by atoms with Gasteiger partial charge in [-0.05, 0) is 64.4 Å². The third-order valence-corrected chi connectivity index (χ3v) is 4.07. The first kappa shape index (κ1) is 14.2. The number of fused-ring (bicyclic) bond motifs is 1. The summed E-state index contributed by atoms with van der Waals surface area (Å²) in [5.41, 5.74) is 2.96. The van der Waals surface area contributed by atoms with Crippen molar-refractivity contribution in [2.75, 3.05) is 31.5 Å². The summed E-state index contributed by atoms with van der Waals surface area (Å²) in [5, 5.41) is 4.50. The zero-order valence-corrected chi connectivity index (χ0v) is 12.9. The summed E-state index contributed by atoms with van der Waals surface area (Å²) in [4.78, 5) is 15.7. The van der Waals surface area contributed by atoms with E-state index in [1.54, 1.807) is 6.33 Å². The van der Waals surface area contributed by atoms with Gasteiger partial charge in [-0.1, -0.05) is 0 Å². The Morgan fingerprint density at radius 2 is 2.00 bits per heavy atom. The topological polar surface area (TPSA) is 53.9 Å². The molecule has 0 saturated carbocycles. The highest BCUT2D eigenvalue weighted by Crippen LogP contribution is 2.22. The van der Waals surface area contributed by atoms with Crippen molar-refractivity contribution in [3.63, 3.8) is 0 Å². The highest BCUT2D eigenvalue weighted by Gasteiger charge is 2.11. The molecule has 0 aliphatic carbocycles. The number of aryl methyl sites for hydroxylation is 2. The normalized spacial score (nSPS) is 15.7. The van der Waals surface area contributed by atoms with E-state index in [1.807, 2.05) is 6.92 Å². The van der Waals surface area contributed by atoms with Gasteiger partial charge in [0.05, 0.1) is 5.39 Å². The van der Waals surface area contributed by atoms with Gasteiger partial charge in [0, 0.05) is 12.2 Å². The van der Waals surface area contributed by atoms with Gasteiger partial charge in [0.15, 0.2) is 5.65 Å². The van der Waals surface area contributed by atoms with Crippen molar-refractivity contribution in [2.45, 2.75) is 33.1 Å². The highest BCUT2D eigenvalue weighted by atomic mass is 15.1. The SMILES string of the molecule is Cc1cc(C)c2c(NCCCN3CCCC3)ncnc2n1. The average Bonchev–Trinajstić information content (AvgIpc) is 2.96. The standard InChI is InChI=1S/C16H23N5/c1-12-10-13(2)20-16-14(12)15(18-11-19-16)17-6-5-9-21-7-3-4-8-21/h10-11H,3-9H2,1-2H3,(H,17,18,19,20). The molecule has 3 heterocycles. The second kappa shape index (κ2) is 6.35. The number of aromatic nitrogens is 3. The molecule has 3 rings (SSSR count). The van der Waals surface area contributed by atoms with E-state index in [9.17, 15) is 0 Å². The van der Waals surface area contributed by atoms with Gasteiger partial charge >= 0.3 is 0 Å². The lowest BCUT2D eigenvalue weighted by molar-refractivity contribution is 0.337. The molecule has 1 fully saturated rings. The Bertz CT molecular complexity index is 619. The first-order valence-corrected chi connectivity index (χ1v) is 7.79. The molecular weight excluding hydrogens is 262 g/mol. The lowest BCUT2D eigenvalue weighted by Gasteiger charge is -2.15. The molecule has 1 aliphatic rings. The Kier molecular flexibility index (Phi) is 4.29. The molecule has 0 atom stereocenters. The van der Waals surface area contributed by atoms with Gasteiger partial charge in [0.25, 0.3) is 0 Å². The molecule has 1 aliphatic heterocycles. The number of rotatable bonds is 5. The molecule has 0 aromatic carbocycles. The van der Waals surface area contributed by atoms with Crippen LogP contribution in [0.1, 0.15) is 30.5 Å². The van der Waals surface area contributed by atoms with Crippen LogP contribution in [0.2, 0.25) is 0 Å². The molecule has 2 aromatic heterocycles. The Morgan fingerprint density at radius 3 is 2.81 bits per heavy atom. The van der Waals surface area contributed by atoms with Crippen LogP contribution < -0.4 is 5.32 Å². The number of pyridine rings is 1. The van der Waals surface area contributed by atoms with E-state index in [2.05, 4.69) is 38.2 Å². The smallest absolute Gasteiger partial charge is 0.165 e. The Morgan fingerprint density at radius 1 is 1.19 bits per heavy atom. The summed E-state index contributed by atoms with van der Waals surface area (Å²) < 4.78 is 0. The van der Waals surface area contributed by atoms with E-state index < -0.39 is 0 Å². The van der Waals surface area contributed by atoms with Crippen molar-refractivity contribution in [1.82, 2.24) is 19.9 Å². The maximum absolute atomic E-state index is 4.49. The number of anilines is 1. The van der Waals surface area contributed by atoms with Crippen LogP contribution >= 0.6 is 0 Å². The second-order valence-corrected chi connectivity index (χ2v) is 5.83. The van der Waals surface area contributed by atoms with Gasteiger partial charge in [-0.15, -0.1) is 0 Å². The van der Waals surface area contributed by atoms with Crippen molar-refractivity contribution in [3.05, 3.63) is 23.7 Å². The molecule has 5 heteroatoms. The van der Waals surface area contributed by atoms with Gasteiger partial charge in [0.2, 0.25) is 0 Å². The lowest BCUT2D eigenvalue weighted by Crippen LogP contribution is -2.22. The fourth-order valence-corrected chi connectivity index (χ4v) is 3.06. The third-order valence-electron chi connectivity index (χ3n) is 4.07. The minimum atomic E-state index is 0.782. The summed E-state index contributed by atoms with van der Waals surface area (Å²) in [6.45, 7) is 8.73. The molecule has 0 bridgehead atoms. The second-order valence-electron chi connectivity index (χ2n) is 5.83. The quantitative estimate of drug-likeness (QED) is 0.856. The summed E-state index contributed by atoms with van der Waals surface area (Å²) in [6, 6.07) is 2.08. The van der Waals surface area contributed by atoms with Crippen LogP contribution in [0.3, 0.4) is 0 Å². The molecule has 0 spiro atoms. The first-order valence-electron chi connectivity index (χ1n) is 7.79. The predicted octanol–water partition coefficient (Wildman–Crippen LogP) is 2.54. The predicted molar refractivity (Wildman–Crippen MR) is 85.6 cm³/mol. The Balaban J connectivity index is 1.66. The molecule has 112 valence electrons. The largest absolute Gasteiger partial charge is 0.369 e. The van der Waals surface area contributed by atoms with Crippen molar-refractivity contribution in [1.29, 1.82) is 0 Å². The minimum Gasteiger partial charge on any atom is -0.369 e. The van der Waals surface area contributed by atoms with E-state index in [4.69, 9.17) is 0 Å². The van der Waals surface area contributed by atoms with Gasteiger partial charge in [-0.25, -0.2) is 15.0 Å². The van der Waals surface area contributed by atoms with Crippen LogP contribution in [0.25, 0.3) is 11.0 Å². The van der Waals surface area contributed by atoms with Crippen LogP contribution in [0.5, 0.6) is 0 Å². The summed E-state index contributed by atoms with van der Waals surface area (Å²) in [6.07, 6.45) is 5.45. The average molecular weight is 285 g/mol. The number of likely N-dealkylation sites (tertiary alicyclic amines) is 1. The van der Waals surface area contributed by atoms with Gasteiger partial charge in [-0.3, -0.25) is 0 Å². The number of hydrogen-bond acceptors (Lipinski definition) is 5. The summed E-state index contributed by atoms with van der Waals surface area (Å²) >= 11 is 0. The number of hydrogen-bond donors (Lipinski definition) is 1. The van der Waals surface area contributed by atoms with Crippen LogP contribution in [-0.4, -0.2) is 46.0 Å². The maximum Gasteiger partial charge on any atom is 0.165 e. The van der Waals surface area contributed by atoms with Crippen molar-refractivity contribution < 1.29 is 0 Å². The van der Waals surface area contributed by atoms with E-state index in [0.717, 1.165) is 35.5 Å². The van der Waals surface area contributed by atoms with Crippen molar-refractivity contribution in [2.24, 2.45) is 0 Å². The van der Waals surface area contributed by atoms with Crippen LogP contribution in [0.15, 0.2) is 12.4 Å². The Labute approximate surface area is 125 Å². The lowest BCUT2D eigenvalue weighted by atomic mass is 10.1. The fraction of sp³-hybridized carbons (Fsp3) is 0.562. The third kappa shape index (κ3) is 3.29. The van der Waals surface area contributed by atoms with E-state index in [1.165, 1.54) is 38.0 Å². The van der Waals surface area contributed by atoms with Gasteiger partial charge in [0.1, 0.15) is 12.1 Å². The molecule has 0 unspecified atom stereocenters. The van der Waals surface area contributed by atoms with Gasteiger partial charge in [-0.2, -0.15) is 0 Å². The molecule has 1 saturated heterocycles. The first-order chi connectivity index (χ1) is 10.2. The Hall–Kier alpha value is -1.75. The van der Waals surface area contributed by atoms with Crippen LogP contribution in [-0.2, 0) is 0 Å². The molecule has 2 aromatic rings. The van der Waals surface area contributed by atoms with E-state index in [-0.39, 0.29) is 0 Å². The zero-order valence-electron chi connectivity index (χ0n) is 12.9. The minimum absolute atomic E-state index is 0.782. The van der Waals surface area contributed by atoms with Crippen molar-refractivity contribution >= 4 is 16.9 Å². The monoisotopic (exact) mass is 285 g/mol. The number of nitrogens with one attached hydrogen (secondary N) is 1. The highest BCUT2D eigenvalue weighted by molar-refractivity contribution is 5.89. The maximum atomic E-state index is 4.49. The zero-order chi connectivity index (χ0) is 14.7. The molecular formula is C16H23N5. The summed E-state index contributed by atoms with van der Waals surface area (Å²) in [7, 11) is 0. The fourth-order valence-electron chi connectivity index (χ4n) is 3.06. The van der Waals surface area contributed by atoms with Crippen molar-refractivity contribution in [3.8, 4) is 0 Å². The van der Waals surface area contributed by atoms with E-state index >= 15 is 0 Å². The van der Waals surface area contributed by atoms with Crippen LogP contribution in [0.4, 0.5) is 5.82 Å². The number of nitrogens with zero attached hydrogens (tertiary/aromatic N) is 4. The molecule has 21 heavy (non-hydrogen) atoms. The van der Waals surface area contributed by atoms with Crippen LogP contribution in [0, 0.1) is 13.8 Å². The molecule has 5 nitrogen and oxygen atoms in total. The van der Waals surface area contributed by atoms with E-state index in [0.29, 0.717) is 0 Å². The molecule has 1 N–H and O–H groups in total. The van der Waals surface area contributed by atoms with Gasteiger partial charge < -0.3 is 10.2 Å². The molecule has 0 amide bonds.